The predicted molar refractivity (Wildman–Crippen MR) is 54.9 cm³/mol. The Morgan fingerprint density at radius 1 is 1.62 bits per heavy atom. The van der Waals surface area contributed by atoms with Crippen LogP contribution in [-0.2, 0) is 11.2 Å². The number of rotatable bonds is 5. The van der Waals surface area contributed by atoms with Gasteiger partial charge in [-0.3, -0.25) is 4.79 Å². The van der Waals surface area contributed by atoms with E-state index in [0.717, 1.165) is 12.8 Å². The fourth-order valence-electron chi connectivity index (χ4n) is 1.85. The summed E-state index contributed by atoms with van der Waals surface area (Å²) in [5.74, 6) is 0.282. The van der Waals surface area contributed by atoms with Crippen LogP contribution in [0.2, 0.25) is 0 Å². The van der Waals surface area contributed by atoms with Gasteiger partial charge in [0, 0.05) is 25.9 Å². The van der Waals surface area contributed by atoms with E-state index < -0.39 is 5.97 Å². The molecule has 1 heterocycles. The average Bonchev–Trinajstić information content (AvgIpc) is 2.56. The van der Waals surface area contributed by atoms with Gasteiger partial charge in [-0.2, -0.15) is 4.98 Å². The molecule has 2 rings (SSSR count). The van der Waals surface area contributed by atoms with Crippen molar-refractivity contribution in [2.75, 3.05) is 6.54 Å². The van der Waals surface area contributed by atoms with Crippen LogP contribution >= 0.6 is 0 Å². The second-order valence-electron chi connectivity index (χ2n) is 4.06. The lowest BCUT2D eigenvalue weighted by atomic mass is 9.79. The zero-order valence-electron chi connectivity index (χ0n) is 9.14. The van der Waals surface area contributed by atoms with Crippen LogP contribution in [0.15, 0.2) is 4.52 Å². The number of aryl methyl sites for hydroxylation is 1. The maximum Gasteiger partial charge on any atom is 0.308 e. The van der Waals surface area contributed by atoms with Crippen molar-refractivity contribution in [2.24, 2.45) is 5.92 Å². The largest absolute Gasteiger partial charge is 0.481 e. The smallest absolute Gasteiger partial charge is 0.308 e. The molecule has 0 amide bonds. The van der Waals surface area contributed by atoms with Crippen molar-refractivity contribution in [3.8, 4) is 0 Å². The topological polar surface area (TPSA) is 88.2 Å². The summed E-state index contributed by atoms with van der Waals surface area (Å²) in [5, 5.41) is 15.8. The second-order valence-corrected chi connectivity index (χ2v) is 4.06. The first-order chi connectivity index (χ1) is 7.66. The number of aromatic nitrogens is 2. The number of carbonyl (C=O) groups is 1. The molecule has 0 saturated heterocycles. The summed E-state index contributed by atoms with van der Waals surface area (Å²) in [7, 11) is 0. The van der Waals surface area contributed by atoms with Crippen molar-refractivity contribution >= 4 is 5.97 Å². The maximum atomic E-state index is 10.7. The van der Waals surface area contributed by atoms with E-state index in [1.165, 1.54) is 0 Å². The molecule has 0 radical (unpaired) electrons. The van der Waals surface area contributed by atoms with Gasteiger partial charge in [0.15, 0.2) is 5.82 Å². The number of hydrogen-bond donors (Lipinski definition) is 2. The van der Waals surface area contributed by atoms with E-state index in [9.17, 15) is 4.79 Å². The van der Waals surface area contributed by atoms with E-state index in [2.05, 4.69) is 15.5 Å². The Kier molecular flexibility index (Phi) is 3.19. The van der Waals surface area contributed by atoms with Gasteiger partial charge in [0.25, 0.3) is 0 Å². The fourth-order valence-corrected chi connectivity index (χ4v) is 1.85. The van der Waals surface area contributed by atoms with Crippen molar-refractivity contribution in [1.82, 2.24) is 15.5 Å². The van der Waals surface area contributed by atoms with Crippen molar-refractivity contribution < 1.29 is 14.4 Å². The minimum Gasteiger partial charge on any atom is -0.481 e. The van der Waals surface area contributed by atoms with Gasteiger partial charge in [-0.1, -0.05) is 5.16 Å². The highest BCUT2D eigenvalue weighted by Gasteiger charge is 2.35. The highest BCUT2D eigenvalue weighted by molar-refractivity contribution is 5.72. The first-order valence-corrected chi connectivity index (χ1v) is 5.42. The summed E-state index contributed by atoms with van der Waals surface area (Å²) in [5.41, 5.74) is 0. The minimum atomic E-state index is -0.709. The van der Waals surface area contributed by atoms with Gasteiger partial charge in [-0.15, -0.1) is 0 Å². The van der Waals surface area contributed by atoms with E-state index in [1.54, 1.807) is 6.92 Å². The van der Waals surface area contributed by atoms with Gasteiger partial charge in [-0.25, -0.2) is 0 Å². The summed E-state index contributed by atoms with van der Waals surface area (Å²) >= 11 is 0. The van der Waals surface area contributed by atoms with E-state index in [4.69, 9.17) is 9.63 Å². The molecule has 1 saturated carbocycles. The molecule has 88 valence electrons. The zero-order valence-corrected chi connectivity index (χ0v) is 9.14. The minimum absolute atomic E-state index is 0.102. The molecule has 1 aromatic heterocycles. The Morgan fingerprint density at radius 2 is 2.44 bits per heavy atom. The Hall–Kier alpha value is -1.43. The Morgan fingerprint density at radius 3 is 2.94 bits per heavy atom. The molecule has 6 nitrogen and oxygen atoms in total. The van der Waals surface area contributed by atoms with Crippen LogP contribution in [0, 0.1) is 12.8 Å². The molecule has 2 N–H and O–H groups in total. The van der Waals surface area contributed by atoms with Crippen LogP contribution in [0.5, 0.6) is 0 Å². The SMILES string of the molecule is Cc1nc(CCNC2CCC2C(=O)O)no1. The number of carboxylic acid groups (broad SMARTS) is 1. The predicted octanol–water partition coefficient (Wildman–Crippen LogP) is 0.373. The fraction of sp³-hybridized carbons (Fsp3) is 0.700. The van der Waals surface area contributed by atoms with E-state index >= 15 is 0 Å². The molecule has 0 bridgehead atoms. The van der Waals surface area contributed by atoms with Crippen LogP contribution in [0.4, 0.5) is 0 Å². The number of nitrogens with one attached hydrogen (secondary N) is 1. The molecule has 0 spiro atoms. The Balaban J connectivity index is 1.70. The van der Waals surface area contributed by atoms with Crippen LogP contribution in [-0.4, -0.2) is 33.8 Å². The second kappa shape index (κ2) is 4.61. The first kappa shape index (κ1) is 11.1. The lowest BCUT2D eigenvalue weighted by molar-refractivity contribution is -0.146. The van der Waals surface area contributed by atoms with Gasteiger partial charge >= 0.3 is 5.97 Å². The molecule has 1 aliphatic carbocycles. The Labute approximate surface area is 93.0 Å². The lowest BCUT2D eigenvalue weighted by Gasteiger charge is -2.34. The van der Waals surface area contributed by atoms with Gasteiger partial charge in [0.05, 0.1) is 5.92 Å². The molecular formula is C10H15N3O3. The van der Waals surface area contributed by atoms with Gasteiger partial charge < -0.3 is 14.9 Å². The molecule has 16 heavy (non-hydrogen) atoms. The van der Waals surface area contributed by atoms with E-state index in [1.807, 2.05) is 0 Å². The molecule has 6 heteroatoms. The summed E-state index contributed by atoms with van der Waals surface area (Å²) in [4.78, 5) is 14.8. The summed E-state index contributed by atoms with van der Waals surface area (Å²) in [6.07, 6.45) is 2.37. The third-order valence-corrected chi connectivity index (χ3v) is 2.92. The number of aliphatic carboxylic acids is 1. The monoisotopic (exact) mass is 225 g/mol. The summed E-state index contributed by atoms with van der Waals surface area (Å²) < 4.78 is 4.84. The normalized spacial score (nSPS) is 24.1. The zero-order chi connectivity index (χ0) is 11.5. The Bertz CT molecular complexity index is 377. The molecule has 2 unspecified atom stereocenters. The molecule has 1 fully saturated rings. The average molecular weight is 225 g/mol. The van der Waals surface area contributed by atoms with Crippen LogP contribution < -0.4 is 5.32 Å². The molecule has 0 aliphatic heterocycles. The van der Waals surface area contributed by atoms with Crippen LogP contribution in [0.1, 0.15) is 24.6 Å². The van der Waals surface area contributed by atoms with Crippen molar-refractivity contribution in [2.45, 2.75) is 32.2 Å². The highest BCUT2D eigenvalue weighted by atomic mass is 16.5. The number of hydrogen-bond acceptors (Lipinski definition) is 5. The van der Waals surface area contributed by atoms with Gasteiger partial charge in [0.1, 0.15) is 0 Å². The van der Waals surface area contributed by atoms with E-state index in [0.29, 0.717) is 24.7 Å². The molecular weight excluding hydrogens is 210 g/mol. The van der Waals surface area contributed by atoms with Crippen molar-refractivity contribution in [3.63, 3.8) is 0 Å². The first-order valence-electron chi connectivity index (χ1n) is 5.42. The number of nitrogens with zero attached hydrogens (tertiary/aromatic N) is 2. The van der Waals surface area contributed by atoms with Crippen LogP contribution in [0.3, 0.4) is 0 Å². The molecule has 1 aromatic rings. The number of carboxylic acids is 1. The van der Waals surface area contributed by atoms with Gasteiger partial charge in [-0.05, 0) is 12.8 Å². The molecule has 0 aromatic carbocycles. The quantitative estimate of drug-likeness (QED) is 0.752. The van der Waals surface area contributed by atoms with E-state index in [-0.39, 0.29) is 12.0 Å². The highest BCUT2D eigenvalue weighted by Crippen LogP contribution is 2.27. The maximum absolute atomic E-state index is 10.7. The third kappa shape index (κ3) is 2.38. The summed E-state index contributed by atoms with van der Waals surface area (Å²) in [6, 6.07) is 0.102. The standard InChI is InChI=1S/C10H15N3O3/c1-6-12-9(13-16-6)4-5-11-8-3-2-7(8)10(14)15/h7-8,11H,2-5H2,1H3,(H,14,15). The summed E-state index contributed by atoms with van der Waals surface area (Å²) in [6.45, 7) is 2.43. The van der Waals surface area contributed by atoms with Crippen LogP contribution in [0.25, 0.3) is 0 Å². The lowest BCUT2D eigenvalue weighted by Crippen LogP contribution is -2.48. The third-order valence-electron chi connectivity index (χ3n) is 2.92. The van der Waals surface area contributed by atoms with Crippen molar-refractivity contribution in [1.29, 1.82) is 0 Å². The van der Waals surface area contributed by atoms with Crippen molar-refractivity contribution in [3.05, 3.63) is 11.7 Å². The molecule has 2 atom stereocenters. The molecule has 1 aliphatic rings. The van der Waals surface area contributed by atoms with Gasteiger partial charge in [0.2, 0.25) is 5.89 Å².